The van der Waals surface area contributed by atoms with Crippen molar-refractivity contribution in [2.75, 3.05) is 11.6 Å². The van der Waals surface area contributed by atoms with Gasteiger partial charge in [0.2, 0.25) is 0 Å². The summed E-state index contributed by atoms with van der Waals surface area (Å²) in [6.45, 7) is 0. The van der Waals surface area contributed by atoms with Gasteiger partial charge in [-0.15, -0.1) is 0 Å². The molecule has 0 saturated carbocycles. The van der Waals surface area contributed by atoms with E-state index >= 15 is 0 Å². The topological polar surface area (TPSA) is 55.4 Å². The summed E-state index contributed by atoms with van der Waals surface area (Å²) in [5, 5.41) is 2.86. The highest BCUT2D eigenvalue weighted by Crippen LogP contribution is 2.23. The monoisotopic (exact) mass is 365 g/mol. The molecule has 0 aromatic heterocycles. The van der Waals surface area contributed by atoms with E-state index in [-0.39, 0.29) is 5.91 Å². The van der Waals surface area contributed by atoms with Gasteiger partial charge in [-0.2, -0.15) is 0 Å². The maximum atomic E-state index is 12.4. The first-order valence-electron chi connectivity index (χ1n) is 8.13. The van der Waals surface area contributed by atoms with Gasteiger partial charge in [0, 0.05) is 34.1 Å². The Bertz CT molecular complexity index is 908. The van der Waals surface area contributed by atoms with Gasteiger partial charge < -0.3 is 10.1 Å². The average Bonchev–Trinajstić information content (AvgIpc) is 2.64. The molecule has 0 spiro atoms. The fourth-order valence-corrected chi connectivity index (χ4v) is 3.12. The fraction of sp³-hybridized carbons (Fsp3) is 0.0952. The summed E-state index contributed by atoms with van der Waals surface area (Å²) in [6, 6.07) is 23.9. The van der Waals surface area contributed by atoms with Gasteiger partial charge in [0.15, 0.2) is 0 Å². The van der Waals surface area contributed by atoms with Gasteiger partial charge in [-0.25, -0.2) is 0 Å². The second-order valence-corrected chi connectivity index (χ2v) is 7.25. The molecule has 0 saturated heterocycles. The second-order valence-electron chi connectivity index (χ2n) is 5.81. The number of carbonyl (C=O) groups excluding carboxylic acids is 1. The molecule has 0 aliphatic carbocycles. The van der Waals surface area contributed by atoms with Gasteiger partial charge in [-0.05, 0) is 54.1 Å². The number of benzene rings is 3. The van der Waals surface area contributed by atoms with Crippen molar-refractivity contribution in [2.24, 2.45) is 0 Å². The number of anilines is 1. The number of rotatable bonds is 6. The van der Waals surface area contributed by atoms with E-state index < -0.39 is 10.8 Å². The smallest absolute Gasteiger partial charge is 0.255 e. The van der Waals surface area contributed by atoms with Crippen LogP contribution in [0.1, 0.15) is 15.9 Å². The number of nitrogens with one attached hydrogen (secondary N) is 1. The zero-order valence-electron chi connectivity index (χ0n) is 14.3. The zero-order valence-corrected chi connectivity index (χ0v) is 15.2. The molecule has 0 unspecified atom stereocenters. The molecule has 1 amide bonds. The first-order valence-corrected chi connectivity index (χ1v) is 9.86. The molecular weight excluding hydrogens is 346 g/mol. The van der Waals surface area contributed by atoms with Crippen LogP contribution < -0.4 is 10.1 Å². The highest BCUT2D eigenvalue weighted by molar-refractivity contribution is 7.83. The molecule has 132 valence electrons. The predicted molar refractivity (Wildman–Crippen MR) is 105 cm³/mol. The van der Waals surface area contributed by atoms with E-state index in [2.05, 4.69) is 5.32 Å². The third-order valence-electron chi connectivity index (χ3n) is 3.65. The molecule has 0 aliphatic heterocycles. The summed E-state index contributed by atoms with van der Waals surface area (Å²) in [7, 11) is -0.941. The molecule has 3 rings (SSSR count). The van der Waals surface area contributed by atoms with Crippen LogP contribution in [0.5, 0.6) is 11.5 Å². The van der Waals surface area contributed by atoms with E-state index in [1.807, 2.05) is 36.4 Å². The zero-order chi connectivity index (χ0) is 18.4. The molecule has 5 heteroatoms. The molecule has 0 bridgehead atoms. The lowest BCUT2D eigenvalue weighted by Crippen LogP contribution is -2.12. The molecule has 4 nitrogen and oxygen atoms in total. The van der Waals surface area contributed by atoms with Crippen LogP contribution in [-0.2, 0) is 16.6 Å². The van der Waals surface area contributed by atoms with E-state index in [1.165, 1.54) is 0 Å². The van der Waals surface area contributed by atoms with E-state index in [4.69, 9.17) is 4.74 Å². The Morgan fingerprint density at radius 3 is 2.31 bits per heavy atom. The van der Waals surface area contributed by atoms with Crippen molar-refractivity contribution in [3.8, 4) is 11.5 Å². The number of amides is 1. The van der Waals surface area contributed by atoms with Crippen LogP contribution in [-0.4, -0.2) is 16.4 Å². The Balaban J connectivity index is 1.65. The predicted octanol–water partition coefficient (Wildman–Crippen LogP) is 4.61. The van der Waals surface area contributed by atoms with Crippen LogP contribution in [0.3, 0.4) is 0 Å². The summed E-state index contributed by atoms with van der Waals surface area (Å²) in [5.41, 5.74) is 2.10. The Hall–Kier alpha value is -2.92. The van der Waals surface area contributed by atoms with Crippen molar-refractivity contribution in [1.29, 1.82) is 0 Å². The lowest BCUT2D eigenvalue weighted by atomic mass is 10.1. The number of carbonyl (C=O) groups is 1. The van der Waals surface area contributed by atoms with Gasteiger partial charge in [-0.1, -0.05) is 30.3 Å². The van der Waals surface area contributed by atoms with Crippen LogP contribution in [0, 0.1) is 0 Å². The normalized spacial score (nSPS) is 11.6. The first kappa shape index (κ1) is 17.9. The lowest BCUT2D eigenvalue weighted by Gasteiger charge is -2.09. The van der Waals surface area contributed by atoms with Crippen molar-refractivity contribution < 1.29 is 13.7 Å². The van der Waals surface area contributed by atoms with Crippen molar-refractivity contribution in [3.05, 3.63) is 90.0 Å². The average molecular weight is 365 g/mol. The van der Waals surface area contributed by atoms with Gasteiger partial charge in [0.1, 0.15) is 11.5 Å². The maximum absolute atomic E-state index is 12.4. The number of para-hydroxylation sites is 1. The van der Waals surface area contributed by atoms with Gasteiger partial charge >= 0.3 is 0 Å². The van der Waals surface area contributed by atoms with E-state index in [0.717, 1.165) is 11.3 Å². The second kappa shape index (κ2) is 8.45. The van der Waals surface area contributed by atoms with Crippen molar-refractivity contribution >= 4 is 22.4 Å². The molecular formula is C21H19NO3S. The molecule has 0 heterocycles. The van der Waals surface area contributed by atoms with Crippen molar-refractivity contribution in [1.82, 2.24) is 0 Å². The van der Waals surface area contributed by atoms with Crippen LogP contribution in [0.4, 0.5) is 5.69 Å². The van der Waals surface area contributed by atoms with Crippen LogP contribution >= 0.6 is 0 Å². The quantitative estimate of drug-likeness (QED) is 0.694. The Kier molecular flexibility index (Phi) is 5.81. The minimum atomic E-state index is -0.941. The lowest BCUT2D eigenvalue weighted by molar-refractivity contribution is 0.102. The Morgan fingerprint density at radius 1 is 0.923 bits per heavy atom. The minimum absolute atomic E-state index is 0.203. The highest BCUT2D eigenvalue weighted by atomic mass is 32.2. The number of hydrogen-bond donors (Lipinski definition) is 1. The van der Waals surface area contributed by atoms with Crippen LogP contribution in [0.15, 0.2) is 78.9 Å². The van der Waals surface area contributed by atoms with Gasteiger partial charge in [0.05, 0.1) is 0 Å². The molecule has 0 radical (unpaired) electrons. The summed E-state index contributed by atoms with van der Waals surface area (Å²) in [5.74, 6) is 1.69. The summed E-state index contributed by atoms with van der Waals surface area (Å²) < 4.78 is 17.1. The summed E-state index contributed by atoms with van der Waals surface area (Å²) in [6.07, 6.45) is 1.64. The third-order valence-corrected chi connectivity index (χ3v) is 4.39. The maximum Gasteiger partial charge on any atom is 0.255 e. The van der Waals surface area contributed by atoms with Crippen molar-refractivity contribution in [3.63, 3.8) is 0 Å². The van der Waals surface area contributed by atoms with Crippen LogP contribution in [0.25, 0.3) is 0 Å². The largest absolute Gasteiger partial charge is 0.457 e. The SMILES string of the molecule is C[S@@](=O)Cc1cccc(C(=O)Nc2ccc(Oc3ccccc3)cc2)c1. The Labute approximate surface area is 155 Å². The molecule has 1 N–H and O–H groups in total. The number of ether oxygens (including phenoxy) is 1. The van der Waals surface area contributed by atoms with E-state index in [1.54, 1.807) is 48.7 Å². The summed E-state index contributed by atoms with van der Waals surface area (Å²) >= 11 is 0. The molecule has 1 atom stereocenters. The fourth-order valence-electron chi connectivity index (χ4n) is 2.47. The molecule has 0 aliphatic rings. The molecule has 0 fully saturated rings. The highest BCUT2D eigenvalue weighted by Gasteiger charge is 2.08. The first-order chi connectivity index (χ1) is 12.6. The Morgan fingerprint density at radius 2 is 1.62 bits per heavy atom. The van der Waals surface area contributed by atoms with E-state index in [9.17, 15) is 9.00 Å². The van der Waals surface area contributed by atoms with E-state index in [0.29, 0.717) is 22.8 Å². The minimum Gasteiger partial charge on any atom is -0.457 e. The standard InChI is InChI=1S/C21H19NO3S/c1-26(24)15-16-6-5-7-17(14-16)21(23)22-18-10-12-20(13-11-18)25-19-8-3-2-4-9-19/h2-14H,15H2,1H3,(H,22,23)/t26-/m1/s1. The van der Waals surface area contributed by atoms with Gasteiger partial charge in [0.25, 0.3) is 5.91 Å². The molecule has 3 aromatic carbocycles. The summed E-state index contributed by atoms with van der Waals surface area (Å²) in [4.78, 5) is 12.4. The molecule has 26 heavy (non-hydrogen) atoms. The van der Waals surface area contributed by atoms with Crippen molar-refractivity contribution in [2.45, 2.75) is 5.75 Å². The third kappa shape index (κ3) is 5.04. The van der Waals surface area contributed by atoms with Crippen LogP contribution in [0.2, 0.25) is 0 Å². The number of hydrogen-bond acceptors (Lipinski definition) is 3. The molecule has 3 aromatic rings. The van der Waals surface area contributed by atoms with Gasteiger partial charge in [-0.3, -0.25) is 9.00 Å².